The van der Waals surface area contributed by atoms with Gasteiger partial charge in [-0.1, -0.05) is 18.2 Å². The fraction of sp³-hybridized carbons (Fsp3) is 0.333. The van der Waals surface area contributed by atoms with Crippen LogP contribution in [0.3, 0.4) is 0 Å². The van der Waals surface area contributed by atoms with Gasteiger partial charge in [-0.3, -0.25) is 0 Å². The van der Waals surface area contributed by atoms with Gasteiger partial charge in [0.2, 0.25) is 0 Å². The maximum atomic E-state index is 5.54. The molecule has 1 heterocycles. The first kappa shape index (κ1) is 8.19. The van der Waals surface area contributed by atoms with Gasteiger partial charge in [0.15, 0.2) is 0 Å². The van der Waals surface area contributed by atoms with E-state index in [0.29, 0.717) is 5.92 Å². The van der Waals surface area contributed by atoms with E-state index in [1.807, 2.05) is 19.1 Å². The van der Waals surface area contributed by atoms with Crippen molar-refractivity contribution in [2.24, 2.45) is 0 Å². The van der Waals surface area contributed by atoms with Crippen molar-refractivity contribution in [2.45, 2.75) is 19.3 Å². The van der Waals surface area contributed by atoms with Gasteiger partial charge in [-0.25, -0.2) is 0 Å². The van der Waals surface area contributed by atoms with Crippen molar-refractivity contribution in [1.82, 2.24) is 0 Å². The Bertz CT molecular complexity index is 357. The minimum Gasteiger partial charge on any atom is -0.493 e. The van der Waals surface area contributed by atoms with E-state index in [1.165, 1.54) is 5.56 Å². The van der Waals surface area contributed by atoms with Crippen molar-refractivity contribution < 1.29 is 4.74 Å². The molecule has 0 spiro atoms. The number of hydrogen-bond acceptors (Lipinski definition) is 1. The normalized spacial score (nSPS) is 18.4. The molecule has 1 aromatic rings. The van der Waals surface area contributed by atoms with Gasteiger partial charge in [-0.05, 0) is 13.0 Å². The van der Waals surface area contributed by atoms with Gasteiger partial charge in [0.1, 0.15) is 5.75 Å². The predicted molar refractivity (Wildman–Crippen MR) is 52.7 cm³/mol. The third-order valence-corrected chi connectivity index (χ3v) is 2.32. The molecule has 0 fully saturated rings. The number of rotatable bonds is 1. The van der Waals surface area contributed by atoms with Gasteiger partial charge in [0.05, 0.1) is 6.61 Å². The maximum absolute atomic E-state index is 5.54. The summed E-state index contributed by atoms with van der Waals surface area (Å²) in [5.41, 5.74) is 1.31. The van der Waals surface area contributed by atoms with Crippen LogP contribution in [0.1, 0.15) is 24.8 Å². The second-order valence-corrected chi connectivity index (χ2v) is 3.18. The van der Waals surface area contributed by atoms with Crippen molar-refractivity contribution in [1.29, 1.82) is 0 Å². The van der Waals surface area contributed by atoms with Crippen LogP contribution >= 0.6 is 0 Å². The molecule has 0 amide bonds. The first-order chi connectivity index (χ1) is 6.42. The predicted octanol–water partition coefficient (Wildman–Crippen LogP) is 2.58. The van der Waals surface area contributed by atoms with Gasteiger partial charge >= 0.3 is 0 Å². The van der Waals surface area contributed by atoms with E-state index in [9.17, 15) is 0 Å². The Kier molecular flexibility index (Phi) is 2.23. The first-order valence-corrected chi connectivity index (χ1v) is 4.53. The van der Waals surface area contributed by atoms with Gasteiger partial charge in [0.25, 0.3) is 0 Å². The summed E-state index contributed by atoms with van der Waals surface area (Å²) in [5.74, 6) is 7.53. The van der Waals surface area contributed by atoms with Crippen LogP contribution in [0, 0.1) is 11.8 Å². The highest BCUT2D eigenvalue weighted by Gasteiger charge is 2.22. The molecular formula is C12H12O. The molecule has 66 valence electrons. The van der Waals surface area contributed by atoms with E-state index in [-0.39, 0.29) is 0 Å². The largest absolute Gasteiger partial charge is 0.493 e. The smallest absolute Gasteiger partial charge is 0.122 e. The van der Waals surface area contributed by atoms with Crippen LogP contribution in [0.25, 0.3) is 0 Å². The Balaban J connectivity index is 2.21. The molecule has 2 rings (SSSR count). The van der Waals surface area contributed by atoms with Crippen molar-refractivity contribution in [3.8, 4) is 17.6 Å². The maximum Gasteiger partial charge on any atom is 0.122 e. The Labute approximate surface area is 78.7 Å². The zero-order chi connectivity index (χ0) is 9.10. The van der Waals surface area contributed by atoms with Crippen LogP contribution in [0.2, 0.25) is 0 Å². The quantitative estimate of drug-likeness (QED) is 0.591. The second kappa shape index (κ2) is 3.53. The average Bonchev–Trinajstić information content (AvgIpc) is 2.58. The highest BCUT2D eigenvalue weighted by atomic mass is 16.5. The van der Waals surface area contributed by atoms with Crippen molar-refractivity contribution >= 4 is 0 Å². The van der Waals surface area contributed by atoms with E-state index >= 15 is 0 Å². The lowest BCUT2D eigenvalue weighted by Crippen LogP contribution is -1.98. The molecule has 1 nitrogen and oxygen atoms in total. The third kappa shape index (κ3) is 1.53. The molecule has 1 aliphatic rings. The first-order valence-electron chi connectivity index (χ1n) is 4.53. The Morgan fingerprint density at radius 3 is 3.15 bits per heavy atom. The minimum absolute atomic E-state index is 0.476. The zero-order valence-electron chi connectivity index (χ0n) is 7.71. The second-order valence-electron chi connectivity index (χ2n) is 3.18. The summed E-state index contributed by atoms with van der Waals surface area (Å²) in [6.07, 6.45) is 0.910. The van der Waals surface area contributed by atoms with E-state index in [1.54, 1.807) is 0 Å². The van der Waals surface area contributed by atoms with E-state index < -0.39 is 0 Å². The Morgan fingerprint density at radius 2 is 2.31 bits per heavy atom. The van der Waals surface area contributed by atoms with Crippen LogP contribution in [-0.2, 0) is 0 Å². The molecule has 1 aromatic carbocycles. The monoisotopic (exact) mass is 172 g/mol. The van der Waals surface area contributed by atoms with Gasteiger partial charge in [-0.2, -0.15) is 0 Å². The van der Waals surface area contributed by atoms with Gasteiger partial charge in [-0.15, -0.1) is 11.8 Å². The molecule has 1 unspecified atom stereocenters. The summed E-state index contributed by atoms with van der Waals surface area (Å²) < 4.78 is 5.54. The number of ether oxygens (including phenoxy) is 1. The molecule has 1 aliphatic heterocycles. The SMILES string of the molecule is CC#CCC1COc2ccccc21. The summed E-state index contributed by atoms with van der Waals surface area (Å²) in [7, 11) is 0. The Hall–Kier alpha value is -1.42. The fourth-order valence-electron chi connectivity index (χ4n) is 1.62. The highest BCUT2D eigenvalue weighted by molar-refractivity contribution is 5.40. The van der Waals surface area contributed by atoms with Crippen LogP contribution < -0.4 is 4.74 Å². The van der Waals surface area contributed by atoms with E-state index in [2.05, 4.69) is 24.0 Å². The summed E-state index contributed by atoms with van der Waals surface area (Å²) in [6, 6.07) is 8.21. The standard InChI is InChI=1S/C12H12O/c1-2-3-6-10-9-13-12-8-5-4-7-11(10)12/h4-5,7-8,10H,6,9H2,1H3. The molecule has 0 N–H and O–H groups in total. The number of hydrogen-bond donors (Lipinski definition) is 0. The summed E-state index contributed by atoms with van der Waals surface area (Å²) in [6.45, 7) is 2.66. The lowest BCUT2D eigenvalue weighted by atomic mass is 9.98. The molecule has 0 radical (unpaired) electrons. The summed E-state index contributed by atoms with van der Waals surface area (Å²) in [4.78, 5) is 0. The molecule has 1 heteroatoms. The van der Waals surface area contributed by atoms with E-state index in [4.69, 9.17) is 4.74 Å². The molecule has 0 bridgehead atoms. The lowest BCUT2D eigenvalue weighted by molar-refractivity contribution is 0.332. The van der Waals surface area contributed by atoms with Crippen molar-refractivity contribution in [2.75, 3.05) is 6.61 Å². The van der Waals surface area contributed by atoms with Crippen molar-refractivity contribution in [3.05, 3.63) is 29.8 Å². The number of fused-ring (bicyclic) bond motifs is 1. The number of para-hydroxylation sites is 1. The van der Waals surface area contributed by atoms with Crippen LogP contribution in [0.4, 0.5) is 0 Å². The zero-order valence-corrected chi connectivity index (χ0v) is 7.71. The Morgan fingerprint density at radius 1 is 1.46 bits per heavy atom. The van der Waals surface area contributed by atoms with Crippen LogP contribution in [0.15, 0.2) is 24.3 Å². The number of benzene rings is 1. The molecular weight excluding hydrogens is 160 g/mol. The fourth-order valence-corrected chi connectivity index (χ4v) is 1.62. The molecule has 0 aromatic heterocycles. The van der Waals surface area contributed by atoms with Gasteiger partial charge < -0.3 is 4.74 Å². The topological polar surface area (TPSA) is 9.23 Å². The van der Waals surface area contributed by atoms with Crippen LogP contribution in [0.5, 0.6) is 5.75 Å². The summed E-state index contributed by atoms with van der Waals surface area (Å²) in [5, 5.41) is 0. The molecule has 1 atom stereocenters. The molecule has 0 saturated heterocycles. The van der Waals surface area contributed by atoms with E-state index in [0.717, 1.165) is 18.8 Å². The molecule has 0 aliphatic carbocycles. The third-order valence-electron chi connectivity index (χ3n) is 2.32. The van der Waals surface area contributed by atoms with Crippen molar-refractivity contribution in [3.63, 3.8) is 0 Å². The summed E-state index contributed by atoms with van der Waals surface area (Å²) >= 11 is 0. The molecule has 0 saturated carbocycles. The van der Waals surface area contributed by atoms with Gasteiger partial charge in [0, 0.05) is 17.9 Å². The average molecular weight is 172 g/mol. The lowest BCUT2D eigenvalue weighted by Gasteiger charge is -2.01. The molecule has 13 heavy (non-hydrogen) atoms. The van der Waals surface area contributed by atoms with Crippen LogP contribution in [-0.4, -0.2) is 6.61 Å². The minimum atomic E-state index is 0.476. The highest BCUT2D eigenvalue weighted by Crippen LogP contribution is 2.34.